The first-order valence-corrected chi connectivity index (χ1v) is 6.01. The highest BCUT2D eigenvalue weighted by Gasteiger charge is 2.00. The molecule has 0 amide bonds. The number of ether oxygens (including phenoxy) is 1. The van der Waals surface area contributed by atoms with E-state index in [2.05, 4.69) is 33.0 Å². The van der Waals surface area contributed by atoms with E-state index in [1.807, 2.05) is 0 Å². The molecule has 1 unspecified atom stereocenters. The SMILES string of the molecule is CCCNC(C)CCCCOC(C)C. The Balaban J connectivity index is 3.10. The largest absolute Gasteiger partial charge is 0.379 e. The summed E-state index contributed by atoms with van der Waals surface area (Å²) >= 11 is 0. The van der Waals surface area contributed by atoms with Crippen molar-refractivity contribution in [2.75, 3.05) is 13.2 Å². The molecule has 2 heteroatoms. The van der Waals surface area contributed by atoms with E-state index in [-0.39, 0.29) is 0 Å². The van der Waals surface area contributed by atoms with Gasteiger partial charge in [0.2, 0.25) is 0 Å². The number of hydrogen-bond acceptors (Lipinski definition) is 2. The maximum Gasteiger partial charge on any atom is 0.0518 e. The van der Waals surface area contributed by atoms with E-state index in [9.17, 15) is 0 Å². The average molecular weight is 201 g/mol. The Kier molecular flexibility index (Phi) is 9.42. The van der Waals surface area contributed by atoms with E-state index >= 15 is 0 Å². The predicted molar refractivity (Wildman–Crippen MR) is 62.7 cm³/mol. The first-order chi connectivity index (χ1) is 6.66. The molecule has 14 heavy (non-hydrogen) atoms. The smallest absolute Gasteiger partial charge is 0.0518 e. The second kappa shape index (κ2) is 9.47. The molecule has 0 saturated carbocycles. The highest BCUT2D eigenvalue weighted by atomic mass is 16.5. The van der Waals surface area contributed by atoms with Crippen molar-refractivity contribution in [3.05, 3.63) is 0 Å². The van der Waals surface area contributed by atoms with Crippen LogP contribution in [0.15, 0.2) is 0 Å². The summed E-state index contributed by atoms with van der Waals surface area (Å²) in [6.07, 6.45) is 5.33. The number of unbranched alkanes of at least 4 members (excludes halogenated alkanes) is 1. The fourth-order valence-corrected chi connectivity index (χ4v) is 1.36. The van der Waals surface area contributed by atoms with E-state index in [1.54, 1.807) is 0 Å². The zero-order valence-electron chi connectivity index (χ0n) is 10.3. The zero-order chi connectivity index (χ0) is 10.8. The van der Waals surface area contributed by atoms with E-state index in [0.29, 0.717) is 12.1 Å². The molecule has 0 aromatic carbocycles. The lowest BCUT2D eigenvalue weighted by Gasteiger charge is -2.13. The minimum absolute atomic E-state index is 0.380. The van der Waals surface area contributed by atoms with Gasteiger partial charge in [0.1, 0.15) is 0 Å². The summed E-state index contributed by atoms with van der Waals surface area (Å²) in [4.78, 5) is 0. The molecule has 0 fully saturated rings. The van der Waals surface area contributed by atoms with Gasteiger partial charge in [0.15, 0.2) is 0 Å². The Morgan fingerprint density at radius 3 is 2.43 bits per heavy atom. The van der Waals surface area contributed by atoms with Crippen molar-refractivity contribution in [1.29, 1.82) is 0 Å². The van der Waals surface area contributed by atoms with Crippen molar-refractivity contribution in [2.45, 2.75) is 65.5 Å². The maximum absolute atomic E-state index is 5.48. The molecule has 0 saturated heterocycles. The van der Waals surface area contributed by atoms with E-state index in [1.165, 1.54) is 25.7 Å². The fraction of sp³-hybridized carbons (Fsp3) is 1.00. The van der Waals surface area contributed by atoms with Gasteiger partial charge in [-0.1, -0.05) is 6.92 Å². The molecule has 86 valence electrons. The van der Waals surface area contributed by atoms with Crippen LogP contribution in [0.5, 0.6) is 0 Å². The van der Waals surface area contributed by atoms with Crippen molar-refractivity contribution in [2.24, 2.45) is 0 Å². The molecular weight excluding hydrogens is 174 g/mol. The van der Waals surface area contributed by atoms with Crippen LogP contribution in [0.3, 0.4) is 0 Å². The summed E-state index contributed by atoms with van der Waals surface area (Å²) in [6.45, 7) is 10.7. The first-order valence-electron chi connectivity index (χ1n) is 6.01. The van der Waals surface area contributed by atoms with Crippen LogP contribution in [-0.2, 0) is 4.74 Å². The molecule has 2 nitrogen and oxygen atoms in total. The third-order valence-corrected chi connectivity index (χ3v) is 2.23. The molecule has 0 aliphatic heterocycles. The van der Waals surface area contributed by atoms with Gasteiger partial charge in [0.25, 0.3) is 0 Å². The fourth-order valence-electron chi connectivity index (χ4n) is 1.36. The van der Waals surface area contributed by atoms with Gasteiger partial charge in [-0.2, -0.15) is 0 Å². The zero-order valence-corrected chi connectivity index (χ0v) is 10.3. The van der Waals surface area contributed by atoms with Gasteiger partial charge in [-0.15, -0.1) is 0 Å². The summed E-state index contributed by atoms with van der Waals surface area (Å²) < 4.78 is 5.48. The summed E-state index contributed by atoms with van der Waals surface area (Å²) in [5.41, 5.74) is 0. The van der Waals surface area contributed by atoms with Gasteiger partial charge in [-0.25, -0.2) is 0 Å². The molecule has 0 aromatic heterocycles. The predicted octanol–water partition coefficient (Wildman–Crippen LogP) is 2.97. The summed E-state index contributed by atoms with van der Waals surface area (Å²) in [6, 6.07) is 0.661. The normalized spacial score (nSPS) is 13.5. The molecule has 0 heterocycles. The second-order valence-corrected chi connectivity index (χ2v) is 4.27. The topological polar surface area (TPSA) is 21.3 Å². The Hall–Kier alpha value is -0.0800. The summed E-state index contributed by atoms with van der Waals surface area (Å²) in [7, 11) is 0. The van der Waals surface area contributed by atoms with E-state index < -0.39 is 0 Å². The monoisotopic (exact) mass is 201 g/mol. The van der Waals surface area contributed by atoms with Crippen LogP contribution in [0.4, 0.5) is 0 Å². The van der Waals surface area contributed by atoms with Crippen molar-refractivity contribution in [1.82, 2.24) is 5.32 Å². The Bertz CT molecular complexity index is 115. The van der Waals surface area contributed by atoms with Gasteiger partial charge in [-0.3, -0.25) is 0 Å². The second-order valence-electron chi connectivity index (χ2n) is 4.27. The van der Waals surface area contributed by atoms with E-state index in [4.69, 9.17) is 4.74 Å². The van der Waals surface area contributed by atoms with Crippen molar-refractivity contribution < 1.29 is 4.74 Å². The molecule has 0 aromatic rings. The molecule has 1 atom stereocenters. The van der Waals surface area contributed by atoms with Gasteiger partial charge >= 0.3 is 0 Å². The van der Waals surface area contributed by atoms with E-state index in [0.717, 1.165) is 13.2 Å². The lowest BCUT2D eigenvalue weighted by molar-refractivity contribution is 0.0754. The highest BCUT2D eigenvalue weighted by molar-refractivity contribution is 4.59. The van der Waals surface area contributed by atoms with Crippen LogP contribution in [0, 0.1) is 0 Å². The molecule has 0 spiro atoms. The Labute approximate surface area is 89.4 Å². The summed E-state index contributed by atoms with van der Waals surface area (Å²) in [5, 5.41) is 3.49. The average Bonchev–Trinajstić information content (AvgIpc) is 2.13. The Morgan fingerprint density at radius 2 is 1.86 bits per heavy atom. The lowest BCUT2D eigenvalue weighted by atomic mass is 10.1. The third-order valence-electron chi connectivity index (χ3n) is 2.23. The number of rotatable bonds is 9. The van der Waals surface area contributed by atoms with Crippen LogP contribution in [0.2, 0.25) is 0 Å². The summed E-state index contributed by atoms with van der Waals surface area (Å²) in [5.74, 6) is 0. The van der Waals surface area contributed by atoms with Crippen molar-refractivity contribution in [3.8, 4) is 0 Å². The van der Waals surface area contributed by atoms with Crippen LogP contribution in [0.25, 0.3) is 0 Å². The van der Waals surface area contributed by atoms with Crippen LogP contribution in [0.1, 0.15) is 53.4 Å². The molecule has 0 aliphatic rings. The van der Waals surface area contributed by atoms with Crippen LogP contribution >= 0.6 is 0 Å². The standard InChI is InChI=1S/C12H27NO/c1-5-9-13-12(4)8-6-7-10-14-11(2)3/h11-13H,5-10H2,1-4H3. The molecule has 0 rings (SSSR count). The van der Waals surface area contributed by atoms with Crippen molar-refractivity contribution >= 4 is 0 Å². The molecule has 0 bridgehead atoms. The highest BCUT2D eigenvalue weighted by Crippen LogP contribution is 2.01. The van der Waals surface area contributed by atoms with Gasteiger partial charge in [-0.05, 0) is 53.0 Å². The van der Waals surface area contributed by atoms with Gasteiger partial charge < -0.3 is 10.1 Å². The quantitative estimate of drug-likeness (QED) is 0.579. The molecule has 0 aliphatic carbocycles. The molecular formula is C12H27NO. The molecule has 1 N–H and O–H groups in total. The van der Waals surface area contributed by atoms with Gasteiger partial charge in [0, 0.05) is 12.6 Å². The Morgan fingerprint density at radius 1 is 1.14 bits per heavy atom. The van der Waals surface area contributed by atoms with Crippen LogP contribution in [-0.4, -0.2) is 25.3 Å². The number of hydrogen-bond donors (Lipinski definition) is 1. The minimum atomic E-state index is 0.380. The third kappa shape index (κ3) is 10.0. The lowest BCUT2D eigenvalue weighted by Crippen LogP contribution is -2.26. The first kappa shape index (κ1) is 13.9. The number of nitrogens with one attached hydrogen (secondary N) is 1. The molecule has 0 radical (unpaired) electrons. The minimum Gasteiger partial charge on any atom is -0.379 e. The van der Waals surface area contributed by atoms with Crippen LogP contribution < -0.4 is 5.32 Å². The van der Waals surface area contributed by atoms with Crippen molar-refractivity contribution in [3.63, 3.8) is 0 Å². The van der Waals surface area contributed by atoms with Gasteiger partial charge in [0.05, 0.1) is 6.10 Å². The maximum atomic E-state index is 5.48.